The van der Waals surface area contributed by atoms with Gasteiger partial charge >= 0.3 is 12.1 Å². The minimum Gasteiger partial charge on any atom is -0.279 e. The summed E-state index contributed by atoms with van der Waals surface area (Å²) < 4.78 is 53.9. The molecule has 0 saturated heterocycles. The van der Waals surface area contributed by atoms with Crippen molar-refractivity contribution >= 4 is 20.6 Å². The second kappa shape index (κ2) is 2.44. The van der Waals surface area contributed by atoms with Crippen molar-refractivity contribution in [3.8, 4) is 0 Å². The lowest BCUT2D eigenvalue weighted by Gasteiger charge is -2.14. The highest BCUT2D eigenvalue weighted by Gasteiger charge is 2.62. The van der Waals surface area contributed by atoms with Gasteiger partial charge in [0, 0.05) is 0 Å². The summed E-state index contributed by atoms with van der Waals surface area (Å²) in [6.45, 7) is 0. The third kappa shape index (κ3) is 1.65. The Balaban J connectivity index is 4.57. The predicted octanol–water partition coefficient (Wildman–Crippen LogP) is 2.11. The van der Waals surface area contributed by atoms with Crippen LogP contribution in [0.15, 0.2) is 0 Å². The van der Waals surface area contributed by atoms with Crippen molar-refractivity contribution < 1.29 is 26.7 Å². The first-order valence-corrected chi connectivity index (χ1v) is 2.63. The van der Waals surface area contributed by atoms with E-state index in [2.05, 4.69) is 0 Å². The molecule has 0 aromatic rings. The summed E-state index contributed by atoms with van der Waals surface area (Å²) >= 11 is 1.52. The molecule has 0 aromatic carbocycles. The van der Waals surface area contributed by atoms with Gasteiger partial charge < -0.3 is 0 Å². The van der Waals surface area contributed by atoms with Crippen molar-refractivity contribution in [2.45, 2.75) is 12.1 Å². The van der Waals surface area contributed by atoms with Gasteiger partial charge in [0.25, 0.3) is 4.69 Å². The zero-order valence-electron chi connectivity index (χ0n) is 4.18. The van der Waals surface area contributed by atoms with Crippen molar-refractivity contribution in [3.05, 3.63) is 0 Å². The molecule has 0 bridgehead atoms. The van der Waals surface area contributed by atoms with Crippen LogP contribution >= 0.6 is 15.9 Å². The molecule has 0 rings (SSSR count). The highest BCUT2D eigenvalue weighted by atomic mass is 79.9. The Morgan fingerprint density at radius 1 is 1.10 bits per heavy atom. The zero-order valence-corrected chi connectivity index (χ0v) is 5.76. The molecule has 0 fully saturated rings. The van der Waals surface area contributed by atoms with Crippen LogP contribution in [0.4, 0.5) is 22.0 Å². The van der Waals surface area contributed by atoms with Crippen molar-refractivity contribution in [2.75, 3.05) is 0 Å². The van der Waals surface area contributed by atoms with E-state index in [0.717, 1.165) is 0 Å². The summed E-state index contributed by atoms with van der Waals surface area (Å²) in [4.78, 5) is 9.56. The van der Waals surface area contributed by atoms with E-state index < -0.39 is 16.8 Å². The first kappa shape index (κ1) is 9.80. The van der Waals surface area contributed by atoms with Crippen molar-refractivity contribution in [2.24, 2.45) is 0 Å². The van der Waals surface area contributed by atoms with Gasteiger partial charge in [0.1, 0.15) is 0 Å². The summed E-state index contributed by atoms with van der Waals surface area (Å²) in [5, 5.41) is 0. The number of carbonyl (C=O) groups is 1. The van der Waals surface area contributed by atoms with Gasteiger partial charge in [-0.3, -0.25) is 4.79 Å². The van der Waals surface area contributed by atoms with Crippen molar-refractivity contribution in [1.82, 2.24) is 0 Å². The third-order valence-corrected chi connectivity index (χ3v) is 1.10. The van der Waals surface area contributed by atoms with Crippen LogP contribution in [-0.4, -0.2) is 16.8 Å². The molecule has 1 nitrogen and oxygen atoms in total. The fraction of sp³-hybridized carbons (Fsp3) is 0.667. The minimum absolute atomic E-state index is 1.52. The Hall–Kier alpha value is -0.200. The summed E-state index contributed by atoms with van der Waals surface area (Å²) in [6, 6.07) is 0. The Labute approximate surface area is 60.3 Å². The van der Waals surface area contributed by atoms with Gasteiger partial charge in [0.15, 0.2) is 0 Å². The second-order valence-corrected chi connectivity index (χ2v) is 2.07. The van der Waals surface area contributed by atoms with Crippen molar-refractivity contribution in [3.63, 3.8) is 0 Å². The molecule has 10 heavy (non-hydrogen) atoms. The Morgan fingerprint density at radius 3 is 1.40 bits per heavy atom. The molecule has 7 heteroatoms. The Bertz CT molecular complexity index is 149. The monoisotopic (exact) mass is 226 g/mol. The Morgan fingerprint density at radius 2 is 1.40 bits per heavy atom. The molecule has 0 atom stereocenters. The smallest absolute Gasteiger partial charge is 0.279 e. The predicted molar refractivity (Wildman–Crippen MR) is 24.9 cm³/mol. The fourth-order valence-electron chi connectivity index (χ4n) is 0.111. The largest absolute Gasteiger partial charge is 0.462 e. The van der Waals surface area contributed by atoms with E-state index in [9.17, 15) is 26.7 Å². The van der Waals surface area contributed by atoms with Gasteiger partial charge in [-0.05, 0) is 15.9 Å². The molecule has 0 aliphatic heterocycles. The van der Waals surface area contributed by atoms with Crippen molar-refractivity contribution in [1.29, 1.82) is 0 Å². The first-order valence-electron chi connectivity index (χ1n) is 1.84. The van der Waals surface area contributed by atoms with E-state index in [-0.39, 0.29) is 0 Å². The van der Waals surface area contributed by atoms with Crippen LogP contribution in [0.1, 0.15) is 0 Å². The molecule has 60 valence electrons. The molecule has 0 radical (unpaired) electrons. The lowest BCUT2D eigenvalue weighted by molar-refractivity contribution is -0.264. The van der Waals surface area contributed by atoms with Crippen LogP contribution in [-0.2, 0) is 4.79 Å². The standard InChI is InChI=1S/C3BrF5O/c4-1(10)2(5,6)3(7,8)9. The highest BCUT2D eigenvalue weighted by Crippen LogP contribution is 2.37. The van der Waals surface area contributed by atoms with E-state index in [1.807, 2.05) is 0 Å². The summed E-state index contributed by atoms with van der Waals surface area (Å²) in [7, 11) is 0. The van der Waals surface area contributed by atoms with Gasteiger partial charge in [-0.2, -0.15) is 22.0 Å². The van der Waals surface area contributed by atoms with E-state index in [1.165, 1.54) is 15.9 Å². The molecule has 0 heterocycles. The molecule has 0 amide bonds. The highest BCUT2D eigenvalue weighted by molar-refractivity contribution is 9.18. The number of halogens is 6. The van der Waals surface area contributed by atoms with E-state index in [1.54, 1.807) is 0 Å². The SMILES string of the molecule is O=C(Br)C(F)(F)C(F)(F)F. The van der Waals surface area contributed by atoms with Crippen LogP contribution in [0.25, 0.3) is 0 Å². The van der Waals surface area contributed by atoms with Gasteiger partial charge in [0.05, 0.1) is 0 Å². The van der Waals surface area contributed by atoms with Crippen LogP contribution in [0.2, 0.25) is 0 Å². The van der Waals surface area contributed by atoms with Crippen LogP contribution in [0, 0.1) is 0 Å². The number of hydrogen-bond acceptors (Lipinski definition) is 1. The molecular weight excluding hydrogens is 227 g/mol. The third-order valence-electron chi connectivity index (χ3n) is 0.603. The zero-order chi connectivity index (χ0) is 8.58. The molecule has 0 aliphatic carbocycles. The summed E-state index contributed by atoms with van der Waals surface area (Å²) in [5.74, 6) is -5.28. The second-order valence-electron chi connectivity index (χ2n) is 1.35. The lowest BCUT2D eigenvalue weighted by atomic mass is 10.4. The fourth-order valence-corrected chi connectivity index (χ4v) is 0.336. The summed E-state index contributed by atoms with van der Waals surface area (Å²) in [5.41, 5.74) is 0. The average molecular weight is 227 g/mol. The average Bonchev–Trinajstić information content (AvgIpc) is 1.62. The molecule has 0 N–H and O–H groups in total. The van der Waals surface area contributed by atoms with E-state index in [0.29, 0.717) is 0 Å². The van der Waals surface area contributed by atoms with E-state index >= 15 is 0 Å². The molecule has 0 spiro atoms. The molecule has 0 aromatic heterocycles. The molecular formula is C3BrF5O. The Kier molecular flexibility index (Phi) is 2.40. The molecule has 0 saturated carbocycles. The van der Waals surface area contributed by atoms with Crippen LogP contribution < -0.4 is 0 Å². The number of hydrogen-bond donors (Lipinski definition) is 0. The van der Waals surface area contributed by atoms with Gasteiger partial charge in [-0.1, -0.05) is 0 Å². The lowest BCUT2D eigenvalue weighted by Crippen LogP contribution is -2.41. The van der Waals surface area contributed by atoms with Crippen LogP contribution in [0.5, 0.6) is 0 Å². The van der Waals surface area contributed by atoms with E-state index in [4.69, 9.17) is 0 Å². The number of alkyl halides is 5. The number of carbonyl (C=O) groups excluding carboxylic acids is 1. The van der Waals surface area contributed by atoms with Gasteiger partial charge in [-0.25, -0.2) is 0 Å². The van der Waals surface area contributed by atoms with Crippen LogP contribution in [0.3, 0.4) is 0 Å². The van der Waals surface area contributed by atoms with Gasteiger partial charge in [-0.15, -0.1) is 0 Å². The minimum atomic E-state index is -5.81. The molecule has 0 unspecified atom stereocenters. The normalized spacial score (nSPS) is 13.4. The molecule has 0 aliphatic rings. The maximum Gasteiger partial charge on any atom is 0.462 e. The quantitative estimate of drug-likeness (QED) is 0.495. The summed E-state index contributed by atoms with van der Waals surface area (Å²) in [6.07, 6.45) is -5.81. The maximum atomic E-state index is 11.5. The van der Waals surface area contributed by atoms with Gasteiger partial charge in [0.2, 0.25) is 0 Å². The maximum absolute atomic E-state index is 11.5. The topological polar surface area (TPSA) is 17.1 Å². The first-order chi connectivity index (χ1) is 4.19. The number of rotatable bonds is 1.